The summed E-state index contributed by atoms with van der Waals surface area (Å²) in [7, 11) is 0. The van der Waals surface area contributed by atoms with Crippen LogP contribution in [0.3, 0.4) is 0 Å². The number of nitrogens with one attached hydrogen (secondary N) is 1. The monoisotopic (exact) mass is 415 g/mol. The number of aromatic nitrogens is 1. The van der Waals surface area contributed by atoms with E-state index in [9.17, 15) is 9.59 Å². The van der Waals surface area contributed by atoms with Crippen LogP contribution in [0, 0.1) is 17.8 Å². The zero-order valence-electron chi connectivity index (χ0n) is 18.1. The number of carbonyl (C=O) groups excluding carboxylic acids is 2. The third-order valence-electron chi connectivity index (χ3n) is 5.52. The van der Waals surface area contributed by atoms with Gasteiger partial charge in [0.2, 0.25) is 5.91 Å². The summed E-state index contributed by atoms with van der Waals surface area (Å²) < 4.78 is 16.5. The fraction of sp³-hybridized carbons (Fsp3) is 0.591. The van der Waals surface area contributed by atoms with Crippen molar-refractivity contribution in [2.75, 3.05) is 19.7 Å². The van der Waals surface area contributed by atoms with Gasteiger partial charge in [0.15, 0.2) is 5.58 Å². The van der Waals surface area contributed by atoms with E-state index in [1.54, 1.807) is 4.90 Å². The first-order chi connectivity index (χ1) is 14.0. The molecule has 8 heteroatoms. The lowest BCUT2D eigenvalue weighted by atomic mass is 10.1. The lowest BCUT2D eigenvalue weighted by Gasteiger charge is -2.28. The van der Waals surface area contributed by atoms with Gasteiger partial charge >= 0.3 is 6.09 Å². The van der Waals surface area contributed by atoms with Crippen LogP contribution in [0.1, 0.15) is 34.6 Å². The second kappa shape index (κ2) is 7.18. The van der Waals surface area contributed by atoms with Crippen molar-refractivity contribution < 1.29 is 23.6 Å². The molecule has 30 heavy (non-hydrogen) atoms. The van der Waals surface area contributed by atoms with E-state index in [4.69, 9.17) is 14.0 Å². The Labute approximate surface area is 175 Å². The molecule has 0 unspecified atom stereocenters. The number of likely N-dealkylation sites (tertiary alicyclic amines) is 1. The molecule has 2 aliphatic rings. The van der Waals surface area contributed by atoms with Crippen molar-refractivity contribution in [3.63, 3.8) is 0 Å². The highest BCUT2D eigenvalue weighted by atomic mass is 16.6. The van der Waals surface area contributed by atoms with Gasteiger partial charge < -0.3 is 24.2 Å². The maximum atomic E-state index is 12.8. The third-order valence-corrected chi connectivity index (χ3v) is 5.52. The fourth-order valence-corrected chi connectivity index (χ4v) is 4.06. The van der Waals surface area contributed by atoms with E-state index in [-0.39, 0.29) is 36.4 Å². The lowest BCUT2D eigenvalue weighted by molar-refractivity contribution is -0.125. The molecule has 1 N–H and O–H groups in total. The van der Waals surface area contributed by atoms with Gasteiger partial charge in [-0.15, -0.1) is 0 Å². The van der Waals surface area contributed by atoms with Crippen molar-refractivity contribution in [3.8, 4) is 5.88 Å². The molecule has 2 aromatic rings. The quantitative estimate of drug-likeness (QED) is 0.806. The Morgan fingerprint density at radius 1 is 1.17 bits per heavy atom. The number of hydrogen-bond acceptors (Lipinski definition) is 6. The Hall–Kier alpha value is -2.77. The number of rotatable bonds is 5. The summed E-state index contributed by atoms with van der Waals surface area (Å²) in [5.74, 6) is 0.773. The van der Waals surface area contributed by atoms with Crippen molar-refractivity contribution in [1.29, 1.82) is 0 Å². The number of benzene rings is 1. The van der Waals surface area contributed by atoms with Crippen LogP contribution < -0.4 is 10.1 Å². The standard InChI is InChI=1S/C22H29N3O5/c1-21(2,3)29-20(27)25-10-14-15(11-25)17(14)18(26)23-22(4,5)12-28-19-13-8-6-7-9-16(13)30-24-19/h6-9,14-15,17H,10-12H2,1-5H3,(H,23,26)/t14-,15+,17+. The summed E-state index contributed by atoms with van der Waals surface area (Å²) in [6.07, 6.45) is -0.303. The summed E-state index contributed by atoms with van der Waals surface area (Å²) in [6.45, 7) is 10.8. The van der Waals surface area contributed by atoms with Crippen LogP contribution in [0.25, 0.3) is 11.0 Å². The first kappa shape index (κ1) is 20.5. The zero-order valence-corrected chi connectivity index (χ0v) is 18.1. The lowest BCUT2D eigenvalue weighted by Crippen LogP contribution is -2.49. The number of nitrogens with zero attached hydrogens (tertiary/aromatic N) is 2. The van der Waals surface area contributed by atoms with Crippen LogP contribution >= 0.6 is 0 Å². The summed E-state index contributed by atoms with van der Waals surface area (Å²) in [5, 5.41) is 7.85. The highest BCUT2D eigenvalue weighted by Gasteiger charge is 2.61. The molecule has 0 spiro atoms. The van der Waals surface area contributed by atoms with Crippen molar-refractivity contribution >= 4 is 23.0 Å². The van der Waals surface area contributed by atoms with Crippen molar-refractivity contribution in [1.82, 2.24) is 15.4 Å². The number of ether oxygens (including phenoxy) is 2. The van der Waals surface area contributed by atoms with Gasteiger partial charge in [-0.3, -0.25) is 4.79 Å². The van der Waals surface area contributed by atoms with Gasteiger partial charge in [-0.2, -0.15) is 0 Å². The molecule has 0 radical (unpaired) electrons. The highest BCUT2D eigenvalue weighted by Crippen LogP contribution is 2.52. The average molecular weight is 415 g/mol. The van der Waals surface area contributed by atoms with Crippen LogP contribution in [0.4, 0.5) is 4.79 Å². The van der Waals surface area contributed by atoms with Crippen molar-refractivity contribution in [3.05, 3.63) is 24.3 Å². The Morgan fingerprint density at radius 3 is 2.50 bits per heavy atom. The Morgan fingerprint density at radius 2 is 1.83 bits per heavy atom. The van der Waals surface area contributed by atoms with Gasteiger partial charge in [0.25, 0.3) is 5.88 Å². The van der Waals surface area contributed by atoms with Crippen LogP contribution in [0.15, 0.2) is 28.8 Å². The SMILES string of the molecule is CC(C)(COc1noc2ccccc12)NC(=O)[C@H]1[C@@H]2CN(C(=O)OC(C)(C)C)C[C@@H]21. The average Bonchev–Trinajstić information content (AvgIpc) is 2.99. The van der Waals surface area contributed by atoms with E-state index >= 15 is 0 Å². The normalized spacial score (nSPS) is 23.2. The second-order valence-electron chi connectivity index (χ2n) is 9.88. The molecule has 2 heterocycles. The number of fused-ring (bicyclic) bond motifs is 2. The number of hydrogen-bond donors (Lipinski definition) is 1. The van der Waals surface area contributed by atoms with E-state index in [1.165, 1.54) is 0 Å². The van der Waals surface area contributed by atoms with Gasteiger partial charge in [-0.25, -0.2) is 4.79 Å². The minimum atomic E-state index is -0.571. The molecular formula is C22H29N3O5. The molecule has 1 saturated carbocycles. The smallest absolute Gasteiger partial charge is 0.410 e. The summed E-state index contributed by atoms with van der Waals surface area (Å²) in [4.78, 5) is 26.7. The van der Waals surface area contributed by atoms with Crippen molar-refractivity contribution in [2.45, 2.75) is 45.8 Å². The summed E-state index contributed by atoms with van der Waals surface area (Å²) in [5.41, 5.74) is -0.423. The molecular weight excluding hydrogens is 386 g/mol. The predicted molar refractivity (Wildman–Crippen MR) is 110 cm³/mol. The minimum Gasteiger partial charge on any atom is -0.473 e. The highest BCUT2D eigenvalue weighted by molar-refractivity contribution is 5.84. The molecule has 2 fully saturated rings. The topological polar surface area (TPSA) is 93.9 Å². The first-order valence-corrected chi connectivity index (χ1v) is 10.3. The van der Waals surface area contributed by atoms with E-state index in [1.807, 2.05) is 58.9 Å². The third kappa shape index (κ3) is 4.22. The maximum Gasteiger partial charge on any atom is 0.410 e. The maximum absolute atomic E-state index is 12.8. The molecule has 0 bridgehead atoms. The Kier molecular flexibility index (Phi) is 4.91. The molecule has 1 aromatic heterocycles. The number of amides is 2. The molecule has 3 atom stereocenters. The van der Waals surface area contributed by atoms with E-state index in [2.05, 4.69) is 10.5 Å². The van der Waals surface area contributed by atoms with Crippen LogP contribution in [-0.4, -0.2) is 52.9 Å². The number of piperidine rings is 1. The predicted octanol–water partition coefficient (Wildman–Crippen LogP) is 3.21. The molecule has 1 aliphatic heterocycles. The Bertz CT molecular complexity index is 949. The minimum absolute atomic E-state index is 0.00690. The van der Waals surface area contributed by atoms with Crippen LogP contribution in [-0.2, 0) is 9.53 Å². The number of carbonyl (C=O) groups is 2. The number of para-hydroxylation sites is 1. The van der Waals surface area contributed by atoms with Gasteiger partial charge in [0.1, 0.15) is 12.2 Å². The van der Waals surface area contributed by atoms with E-state index in [0.717, 1.165) is 5.39 Å². The van der Waals surface area contributed by atoms with E-state index < -0.39 is 11.1 Å². The zero-order chi connectivity index (χ0) is 21.7. The molecule has 1 saturated heterocycles. The van der Waals surface area contributed by atoms with Crippen LogP contribution in [0.5, 0.6) is 5.88 Å². The van der Waals surface area contributed by atoms with Crippen molar-refractivity contribution in [2.24, 2.45) is 17.8 Å². The molecule has 8 nitrogen and oxygen atoms in total. The molecule has 162 valence electrons. The molecule has 4 rings (SSSR count). The molecule has 1 aliphatic carbocycles. The molecule has 1 aromatic carbocycles. The summed E-state index contributed by atoms with van der Waals surface area (Å²) in [6, 6.07) is 7.48. The fourth-order valence-electron chi connectivity index (χ4n) is 4.06. The summed E-state index contributed by atoms with van der Waals surface area (Å²) >= 11 is 0. The first-order valence-electron chi connectivity index (χ1n) is 10.3. The van der Waals surface area contributed by atoms with Crippen LogP contribution in [0.2, 0.25) is 0 Å². The second-order valence-corrected chi connectivity index (χ2v) is 9.88. The largest absolute Gasteiger partial charge is 0.473 e. The van der Waals surface area contributed by atoms with Gasteiger partial charge in [0, 0.05) is 19.0 Å². The van der Waals surface area contributed by atoms with Gasteiger partial charge in [-0.1, -0.05) is 12.1 Å². The van der Waals surface area contributed by atoms with Gasteiger partial charge in [-0.05, 0) is 63.7 Å². The van der Waals surface area contributed by atoms with E-state index in [0.29, 0.717) is 24.6 Å². The molecule has 2 amide bonds. The van der Waals surface area contributed by atoms with Gasteiger partial charge in [0.05, 0.1) is 10.9 Å². The Balaban J connectivity index is 1.27.